The van der Waals surface area contributed by atoms with E-state index in [9.17, 15) is 0 Å². The standard InChI is InChI=1S/C10H19B/c1-2-8-6-7-9-4-3-5-10(8)11-9/h8-11H,2-7H2,1H3. The Kier molecular flexibility index (Phi) is 2.24. The van der Waals surface area contributed by atoms with Crippen LogP contribution < -0.4 is 0 Å². The fourth-order valence-electron chi connectivity index (χ4n) is 3.25. The quantitative estimate of drug-likeness (QED) is 0.504. The maximum Gasteiger partial charge on any atom is 0.127 e. The molecule has 0 N–H and O–H groups in total. The second-order valence-corrected chi connectivity index (χ2v) is 4.54. The Morgan fingerprint density at radius 1 is 1.18 bits per heavy atom. The van der Waals surface area contributed by atoms with E-state index in [1.54, 1.807) is 33.0 Å². The predicted molar refractivity (Wildman–Crippen MR) is 51.5 cm³/mol. The van der Waals surface area contributed by atoms with Crippen LogP contribution in [0.5, 0.6) is 0 Å². The summed E-state index contributed by atoms with van der Waals surface area (Å²) in [6, 6.07) is 0. The number of hydrogen-bond donors (Lipinski definition) is 0. The monoisotopic (exact) mass is 150 g/mol. The fraction of sp³-hybridized carbons (Fsp3) is 1.00. The first-order valence-corrected chi connectivity index (χ1v) is 5.40. The molecule has 3 atom stereocenters. The maximum atomic E-state index is 2.37. The van der Waals surface area contributed by atoms with Gasteiger partial charge in [0, 0.05) is 0 Å². The third-order valence-corrected chi connectivity index (χ3v) is 3.96. The third kappa shape index (κ3) is 1.48. The highest BCUT2D eigenvalue weighted by atomic mass is 14.3. The molecule has 0 aromatic rings. The van der Waals surface area contributed by atoms with Gasteiger partial charge in [0.25, 0.3) is 0 Å². The second-order valence-electron chi connectivity index (χ2n) is 4.54. The fourth-order valence-corrected chi connectivity index (χ4v) is 3.25. The van der Waals surface area contributed by atoms with Gasteiger partial charge in [0.05, 0.1) is 0 Å². The van der Waals surface area contributed by atoms with E-state index in [1.165, 1.54) is 12.8 Å². The molecule has 2 aliphatic heterocycles. The van der Waals surface area contributed by atoms with Crippen LogP contribution in [0.1, 0.15) is 45.4 Å². The van der Waals surface area contributed by atoms with Crippen LogP contribution in [0.25, 0.3) is 0 Å². The van der Waals surface area contributed by atoms with Crippen LogP contribution in [0, 0.1) is 5.92 Å². The molecule has 0 aromatic heterocycles. The molecule has 2 heterocycles. The zero-order valence-electron chi connectivity index (χ0n) is 7.68. The summed E-state index contributed by atoms with van der Waals surface area (Å²) in [4.78, 5) is 0. The summed E-state index contributed by atoms with van der Waals surface area (Å²) in [5.41, 5.74) is 0. The summed E-state index contributed by atoms with van der Waals surface area (Å²) in [7, 11) is 1.58. The SMILES string of the molecule is CCC1CCC2BC1CCC2. The van der Waals surface area contributed by atoms with Gasteiger partial charge in [-0.25, -0.2) is 0 Å². The Balaban J connectivity index is 1.97. The number of fused-ring (bicyclic) bond motifs is 2. The molecule has 2 fully saturated rings. The zero-order chi connectivity index (χ0) is 7.68. The minimum atomic E-state index is 1.10. The molecule has 3 unspecified atom stereocenters. The van der Waals surface area contributed by atoms with Crippen LogP contribution in [0.15, 0.2) is 0 Å². The lowest BCUT2D eigenvalue weighted by Gasteiger charge is -2.39. The first kappa shape index (κ1) is 7.70. The first-order valence-electron chi connectivity index (χ1n) is 5.40. The molecule has 0 spiro atoms. The van der Waals surface area contributed by atoms with Crippen molar-refractivity contribution in [3.63, 3.8) is 0 Å². The van der Waals surface area contributed by atoms with Crippen molar-refractivity contribution < 1.29 is 0 Å². The summed E-state index contributed by atoms with van der Waals surface area (Å²) in [5.74, 6) is 3.37. The van der Waals surface area contributed by atoms with Gasteiger partial charge < -0.3 is 0 Å². The molecule has 0 amide bonds. The van der Waals surface area contributed by atoms with Crippen LogP contribution >= 0.6 is 0 Å². The van der Waals surface area contributed by atoms with Crippen molar-refractivity contribution in [1.29, 1.82) is 0 Å². The molecule has 1 heteroatoms. The van der Waals surface area contributed by atoms with Gasteiger partial charge >= 0.3 is 0 Å². The van der Waals surface area contributed by atoms with Gasteiger partial charge in [-0.3, -0.25) is 0 Å². The Labute approximate surface area is 71.0 Å². The second kappa shape index (κ2) is 3.20. The molecular weight excluding hydrogens is 131 g/mol. The topological polar surface area (TPSA) is 0 Å². The molecule has 0 aromatic carbocycles. The van der Waals surface area contributed by atoms with E-state index in [-0.39, 0.29) is 0 Å². The molecule has 2 rings (SSSR count). The van der Waals surface area contributed by atoms with Crippen molar-refractivity contribution in [2.75, 3.05) is 0 Å². The molecule has 62 valence electrons. The van der Waals surface area contributed by atoms with Crippen molar-refractivity contribution in [2.45, 2.75) is 57.1 Å². The Bertz CT molecular complexity index is 133. The van der Waals surface area contributed by atoms with Crippen molar-refractivity contribution in [3.8, 4) is 0 Å². The highest BCUT2D eigenvalue weighted by molar-refractivity contribution is 6.40. The van der Waals surface area contributed by atoms with E-state index in [0.717, 1.165) is 17.6 Å². The largest absolute Gasteiger partial charge is 0.127 e. The zero-order valence-corrected chi connectivity index (χ0v) is 7.68. The average Bonchev–Trinajstić information content (AvgIpc) is 2.06. The minimum Gasteiger partial charge on any atom is -0.0654 e. The summed E-state index contributed by atoms with van der Waals surface area (Å²) >= 11 is 0. The molecule has 0 radical (unpaired) electrons. The summed E-state index contributed by atoms with van der Waals surface area (Å²) in [5, 5.41) is 0. The van der Waals surface area contributed by atoms with Crippen LogP contribution in [0.3, 0.4) is 0 Å². The third-order valence-electron chi connectivity index (χ3n) is 3.96. The molecule has 2 bridgehead atoms. The lowest BCUT2D eigenvalue weighted by atomic mass is 9.41. The molecule has 11 heavy (non-hydrogen) atoms. The van der Waals surface area contributed by atoms with Crippen molar-refractivity contribution in [1.82, 2.24) is 0 Å². The van der Waals surface area contributed by atoms with Crippen LogP contribution in [-0.2, 0) is 0 Å². The highest BCUT2D eigenvalue weighted by Gasteiger charge is 2.32. The number of hydrogen-bond acceptors (Lipinski definition) is 0. The van der Waals surface area contributed by atoms with Gasteiger partial charge in [-0.05, 0) is 5.92 Å². The minimum absolute atomic E-state index is 1.10. The molecule has 0 saturated carbocycles. The maximum absolute atomic E-state index is 2.37. The van der Waals surface area contributed by atoms with Gasteiger partial charge in [0.15, 0.2) is 0 Å². The van der Waals surface area contributed by atoms with Crippen molar-refractivity contribution in [3.05, 3.63) is 0 Å². The van der Waals surface area contributed by atoms with E-state index in [1.807, 2.05) is 0 Å². The van der Waals surface area contributed by atoms with Crippen LogP contribution in [0.2, 0.25) is 11.6 Å². The predicted octanol–water partition coefficient (Wildman–Crippen LogP) is 3.00. The summed E-state index contributed by atoms with van der Waals surface area (Å²) < 4.78 is 0. The van der Waals surface area contributed by atoms with Crippen LogP contribution in [-0.4, -0.2) is 7.28 Å². The molecule has 0 aliphatic carbocycles. The Morgan fingerprint density at radius 2 is 2.09 bits per heavy atom. The van der Waals surface area contributed by atoms with Crippen molar-refractivity contribution in [2.24, 2.45) is 5.92 Å². The van der Waals surface area contributed by atoms with E-state index in [2.05, 4.69) is 6.92 Å². The smallest absolute Gasteiger partial charge is 0.0654 e. The van der Waals surface area contributed by atoms with E-state index >= 15 is 0 Å². The molecule has 2 aliphatic rings. The summed E-state index contributed by atoms with van der Waals surface area (Å²) in [6.45, 7) is 2.37. The normalized spacial score (nSPS) is 43.2. The lowest BCUT2D eigenvalue weighted by Crippen LogP contribution is -2.28. The molecule has 0 nitrogen and oxygen atoms in total. The first-order chi connectivity index (χ1) is 5.40. The summed E-state index contributed by atoms with van der Waals surface area (Å²) in [6.07, 6.45) is 9.17. The highest BCUT2D eigenvalue weighted by Crippen LogP contribution is 2.45. The number of rotatable bonds is 1. The molecular formula is C10H19B. The van der Waals surface area contributed by atoms with Gasteiger partial charge in [0.1, 0.15) is 7.28 Å². The van der Waals surface area contributed by atoms with Crippen LogP contribution in [0.4, 0.5) is 0 Å². The van der Waals surface area contributed by atoms with Gasteiger partial charge in [-0.15, -0.1) is 0 Å². The van der Waals surface area contributed by atoms with Gasteiger partial charge in [-0.1, -0.05) is 57.1 Å². The van der Waals surface area contributed by atoms with E-state index < -0.39 is 0 Å². The van der Waals surface area contributed by atoms with Crippen molar-refractivity contribution >= 4 is 7.28 Å². The molecule has 2 saturated heterocycles. The van der Waals surface area contributed by atoms with E-state index in [4.69, 9.17) is 0 Å². The lowest BCUT2D eigenvalue weighted by molar-refractivity contribution is 0.334. The Hall–Kier alpha value is 0.0649. The Morgan fingerprint density at radius 3 is 2.91 bits per heavy atom. The van der Waals surface area contributed by atoms with Gasteiger partial charge in [0.2, 0.25) is 0 Å². The van der Waals surface area contributed by atoms with E-state index in [0.29, 0.717) is 0 Å². The van der Waals surface area contributed by atoms with Gasteiger partial charge in [-0.2, -0.15) is 0 Å². The average molecular weight is 150 g/mol.